The van der Waals surface area contributed by atoms with Crippen molar-refractivity contribution in [3.63, 3.8) is 0 Å². The average Bonchev–Trinajstić information content (AvgIpc) is 3.44. The molecule has 2 aromatic heterocycles. The van der Waals surface area contributed by atoms with Gasteiger partial charge in [0, 0.05) is 12.1 Å². The molecule has 1 aliphatic carbocycles. The number of pyridine rings is 1. The van der Waals surface area contributed by atoms with Crippen LogP contribution in [0.4, 0.5) is 0 Å². The van der Waals surface area contributed by atoms with Gasteiger partial charge in [-0.2, -0.15) is 0 Å². The Morgan fingerprint density at radius 1 is 1.13 bits per heavy atom. The van der Waals surface area contributed by atoms with Crippen LogP contribution in [-0.4, -0.2) is 43.2 Å². The molecule has 3 aromatic rings. The molecular weight excluding hydrogens is 388 g/mol. The van der Waals surface area contributed by atoms with E-state index < -0.39 is 0 Å². The monoisotopic (exact) mass is 420 g/mol. The zero-order chi connectivity index (χ0) is 21.5. The van der Waals surface area contributed by atoms with Gasteiger partial charge in [-0.05, 0) is 85.0 Å². The van der Waals surface area contributed by atoms with Gasteiger partial charge in [0.2, 0.25) is 0 Å². The molecule has 0 bridgehead atoms. The van der Waals surface area contributed by atoms with Gasteiger partial charge in [-0.25, -0.2) is 4.68 Å². The highest BCUT2D eigenvalue weighted by molar-refractivity contribution is 5.83. The van der Waals surface area contributed by atoms with Gasteiger partial charge in [-0.15, -0.1) is 5.10 Å². The van der Waals surface area contributed by atoms with E-state index in [4.69, 9.17) is 0 Å². The number of aromatic nitrogens is 5. The highest BCUT2D eigenvalue weighted by atomic mass is 16.1. The first-order chi connectivity index (χ1) is 15.0. The van der Waals surface area contributed by atoms with Crippen molar-refractivity contribution >= 4 is 10.9 Å². The van der Waals surface area contributed by atoms with E-state index in [2.05, 4.69) is 64.4 Å². The van der Waals surface area contributed by atoms with E-state index in [1.807, 2.05) is 4.68 Å². The Hall–Kier alpha value is -2.54. The summed E-state index contributed by atoms with van der Waals surface area (Å²) in [5.41, 5.74) is 3.95. The Labute approximate surface area is 182 Å². The number of rotatable bonds is 4. The molecule has 7 nitrogen and oxygen atoms in total. The maximum atomic E-state index is 13.4. The number of piperidine rings is 1. The Morgan fingerprint density at radius 2 is 1.94 bits per heavy atom. The van der Waals surface area contributed by atoms with Crippen molar-refractivity contribution in [2.75, 3.05) is 13.1 Å². The number of hydrogen-bond acceptors (Lipinski definition) is 5. The van der Waals surface area contributed by atoms with E-state index in [1.54, 1.807) is 0 Å². The van der Waals surface area contributed by atoms with E-state index in [1.165, 1.54) is 24.8 Å². The van der Waals surface area contributed by atoms with Crippen molar-refractivity contribution in [3.8, 4) is 0 Å². The van der Waals surface area contributed by atoms with Gasteiger partial charge in [0.05, 0.1) is 11.6 Å². The van der Waals surface area contributed by atoms with Crippen molar-refractivity contribution in [1.82, 2.24) is 30.1 Å². The van der Waals surface area contributed by atoms with E-state index in [0.717, 1.165) is 60.2 Å². The fraction of sp³-hybridized carbons (Fsp3) is 0.583. The number of H-pyrrole nitrogens is 1. The number of nitrogens with one attached hydrogen (secondary N) is 1. The smallest absolute Gasteiger partial charge is 0.253 e. The number of benzene rings is 1. The summed E-state index contributed by atoms with van der Waals surface area (Å²) in [6, 6.07) is 6.40. The Morgan fingerprint density at radius 3 is 2.71 bits per heavy atom. The van der Waals surface area contributed by atoms with Gasteiger partial charge in [0.15, 0.2) is 5.82 Å². The Bertz CT molecular complexity index is 1140. The number of fused-ring (bicyclic) bond motifs is 1. The van der Waals surface area contributed by atoms with Crippen LogP contribution >= 0.6 is 0 Å². The van der Waals surface area contributed by atoms with Crippen LogP contribution in [0.1, 0.15) is 80.0 Å². The van der Waals surface area contributed by atoms with Crippen molar-refractivity contribution in [3.05, 3.63) is 51.1 Å². The summed E-state index contributed by atoms with van der Waals surface area (Å²) in [4.78, 5) is 19.0. The van der Waals surface area contributed by atoms with Crippen LogP contribution in [0.5, 0.6) is 0 Å². The Balaban J connectivity index is 1.67. The lowest BCUT2D eigenvalue weighted by atomic mass is 9.95. The predicted molar refractivity (Wildman–Crippen MR) is 121 cm³/mol. The van der Waals surface area contributed by atoms with Crippen LogP contribution in [0, 0.1) is 19.8 Å². The maximum absolute atomic E-state index is 13.4. The van der Waals surface area contributed by atoms with Gasteiger partial charge in [-0.1, -0.05) is 31.9 Å². The second-order valence-corrected chi connectivity index (χ2v) is 9.59. The highest BCUT2D eigenvalue weighted by Crippen LogP contribution is 2.35. The molecule has 164 valence electrons. The third kappa shape index (κ3) is 3.69. The molecular formula is C24H32N6O. The first-order valence-electron chi connectivity index (χ1n) is 11.7. The molecule has 2 fully saturated rings. The molecule has 5 rings (SSSR count). The van der Waals surface area contributed by atoms with Crippen LogP contribution in [0.25, 0.3) is 10.9 Å². The molecule has 0 unspecified atom stereocenters. The predicted octanol–water partition coefficient (Wildman–Crippen LogP) is 4.07. The first kappa shape index (κ1) is 20.4. The average molecular weight is 421 g/mol. The number of tetrazole rings is 1. The SMILES string of the molecule is Cc1ccc2cc([C@@H](c3nnnn3C3CCCC3)N3CCC[C@@H](C)C3)c(=O)[nH]c2c1C. The summed E-state index contributed by atoms with van der Waals surface area (Å²) in [6.45, 7) is 8.34. The number of aromatic amines is 1. The zero-order valence-electron chi connectivity index (χ0n) is 18.8. The molecule has 1 aliphatic heterocycles. The van der Waals surface area contributed by atoms with Crippen molar-refractivity contribution in [1.29, 1.82) is 0 Å². The maximum Gasteiger partial charge on any atom is 0.253 e. The normalized spacial score (nSPS) is 21.7. The molecule has 1 aromatic carbocycles. The topological polar surface area (TPSA) is 79.7 Å². The summed E-state index contributed by atoms with van der Waals surface area (Å²) in [5, 5.41) is 14.0. The van der Waals surface area contributed by atoms with Crippen LogP contribution < -0.4 is 5.56 Å². The van der Waals surface area contributed by atoms with Gasteiger partial charge in [0.25, 0.3) is 5.56 Å². The van der Waals surface area contributed by atoms with Crippen molar-refractivity contribution < 1.29 is 0 Å². The van der Waals surface area contributed by atoms with Gasteiger partial charge in [-0.3, -0.25) is 9.69 Å². The summed E-state index contributed by atoms with van der Waals surface area (Å²) >= 11 is 0. The van der Waals surface area contributed by atoms with Crippen molar-refractivity contribution in [2.24, 2.45) is 5.92 Å². The molecule has 0 radical (unpaired) electrons. The number of likely N-dealkylation sites (tertiary alicyclic amines) is 1. The molecule has 2 atom stereocenters. The second kappa shape index (κ2) is 8.19. The third-order valence-corrected chi connectivity index (χ3v) is 7.36. The van der Waals surface area contributed by atoms with Crippen LogP contribution in [-0.2, 0) is 0 Å². The molecule has 31 heavy (non-hydrogen) atoms. The van der Waals surface area contributed by atoms with Crippen LogP contribution in [0.15, 0.2) is 23.0 Å². The third-order valence-electron chi connectivity index (χ3n) is 7.36. The largest absolute Gasteiger partial charge is 0.321 e. The van der Waals surface area contributed by atoms with Crippen LogP contribution in [0.3, 0.4) is 0 Å². The van der Waals surface area contributed by atoms with E-state index in [9.17, 15) is 4.79 Å². The zero-order valence-corrected chi connectivity index (χ0v) is 18.8. The van der Waals surface area contributed by atoms with Gasteiger partial charge >= 0.3 is 0 Å². The first-order valence-corrected chi connectivity index (χ1v) is 11.7. The summed E-state index contributed by atoms with van der Waals surface area (Å²) in [5.74, 6) is 1.41. The molecule has 3 heterocycles. The number of nitrogens with zero attached hydrogens (tertiary/aromatic N) is 5. The lowest BCUT2D eigenvalue weighted by Crippen LogP contribution is -2.41. The minimum absolute atomic E-state index is 0.0367. The molecule has 0 spiro atoms. The molecule has 1 N–H and O–H groups in total. The van der Waals surface area contributed by atoms with E-state index in [0.29, 0.717) is 12.0 Å². The molecule has 0 amide bonds. The van der Waals surface area contributed by atoms with E-state index in [-0.39, 0.29) is 11.6 Å². The minimum Gasteiger partial charge on any atom is -0.321 e. The fourth-order valence-electron chi connectivity index (χ4n) is 5.49. The highest BCUT2D eigenvalue weighted by Gasteiger charge is 2.34. The molecule has 2 aliphatic rings. The Kier molecular flexibility index (Phi) is 5.38. The summed E-state index contributed by atoms with van der Waals surface area (Å²) in [7, 11) is 0. The number of hydrogen-bond donors (Lipinski definition) is 1. The summed E-state index contributed by atoms with van der Waals surface area (Å²) in [6.07, 6.45) is 6.99. The van der Waals surface area contributed by atoms with Gasteiger partial charge in [0.1, 0.15) is 6.04 Å². The lowest BCUT2D eigenvalue weighted by Gasteiger charge is -2.36. The number of aryl methyl sites for hydroxylation is 2. The fourth-order valence-corrected chi connectivity index (χ4v) is 5.49. The molecule has 1 saturated carbocycles. The van der Waals surface area contributed by atoms with E-state index >= 15 is 0 Å². The second-order valence-electron chi connectivity index (χ2n) is 9.59. The molecule has 1 saturated heterocycles. The standard InChI is InChI=1S/C24H32N6O/c1-15-7-6-12-29(14-15)22(23-26-27-28-30(23)19-8-4-5-9-19)20-13-18-11-10-16(2)17(3)21(18)25-24(20)31/h10-11,13,15,19,22H,4-9,12,14H2,1-3H3,(H,25,31)/t15-,22+/m1/s1. The van der Waals surface area contributed by atoms with Gasteiger partial charge < -0.3 is 4.98 Å². The molecule has 7 heteroatoms. The van der Waals surface area contributed by atoms with Crippen molar-refractivity contribution in [2.45, 2.75) is 71.4 Å². The van der Waals surface area contributed by atoms with Crippen LogP contribution in [0.2, 0.25) is 0 Å². The lowest BCUT2D eigenvalue weighted by molar-refractivity contribution is 0.139. The summed E-state index contributed by atoms with van der Waals surface area (Å²) < 4.78 is 2.01. The minimum atomic E-state index is -0.229. The quantitative estimate of drug-likeness (QED) is 0.688.